The third kappa shape index (κ3) is 4.52. The molecule has 1 unspecified atom stereocenters. The van der Waals surface area contributed by atoms with Crippen molar-refractivity contribution in [3.05, 3.63) is 59.0 Å². The lowest BCUT2D eigenvalue weighted by Crippen LogP contribution is -2.27. The van der Waals surface area contributed by atoms with Gasteiger partial charge in [-0.2, -0.15) is 0 Å². The molecule has 26 heavy (non-hydrogen) atoms. The molecular formula is C20H22N2O3S. The minimum Gasteiger partial charge on any atom is -0.494 e. The van der Waals surface area contributed by atoms with Gasteiger partial charge < -0.3 is 14.5 Å². The number of hydrogen-bond acceptors (Lipinski definition) is 5. The van der Waals surface area contributed by atoms with E-state index in [1.54, 1.807) is 0 Å². The van der Waals surface area contributed by atoms with Gasteiger partial charge in [0.1, 0.15) is 22.3 Å². The van der Waals surface area contributed by atoms with Crippen LogP contribution in [-0.4, -0.2) is 17.5 Å². The first-order valence-electron chi connectivity index (χ1n) is 8.58. The summed E-state index contributed by atoms with van der Waals surface area (Å²) in [4.78, 5) is 16.8. The van der Waals surface area contributed by atoms with E-state index in [4.69, 9.17) is 9.15 Å². The fraction of sp³-hybridized carbons (Fsp3) is 0.300. The number of furan rings is 1. The molecule has 2 aromatic heterocycles. The van der Waals surface area contributed by atoms with E-state index >= 15 is 0 Å². The topological polar surface area (TPSA) is 64.4 Å². The van der Waals surface area contributed by atoms with Gasteiger partial charge in [-0.25, -0.2) is 4.98 Å². The van der Waals surface area contributed by atoms with Crippen LogP contribution in [0, 0.1) is 6.92 Å². The van der Waals surface area contributed by atoms with Crippen molar-refractivity contribution in [2.24, 2.45) is 0 Å². The molecular weight excluding hydrogens is 348 g/mol. The van der Waals surface area contributed by atoms with Gasteiger partial charge in [-0.1, -0.05) is 0 Å². The van der Waals surface area contributed by atoms with Gasteiger partial charge in [-0.05, 0) is 57.2 Å². The number of rotatable bonds is 7. The summed E-state index contributed by atoms with van der Waals surface area (Å²) in [5.74, 6) is 2.36. The number of benzene rings is 1. The van der Waals surface area contributed by atoms with Gasteiger partial charge in [0.2, 0.25) is 5.91 Å². The fourth-order valence-electron chi connectivity index (χ4n) is 2.60. The van der Waals surface area contributed by atoms with Crippen LogP contribution in [0.15, 0.2) is 46.2 Å². The van der Waals surface area contributed by atoms with Crippen LogP contribution in [0.25, 0.3) is 10.6 Å². The van der Waals surface area contributed by atoms with Crippen molar-refractivity contribution in [3.63, 3.8) is 0 Å². The van der Waals surface area contributed by atoms with Gasteiger partial charge in [-0.15, -0.1) is 11.3 Å². The van der Waals surface area contributed by atoms with E-state index in [9.17, 15) is 4.79 Å². The number of nitrogens with one attached hydrogen (secondary N) is 1. The number of amides is 1. The second kappa shape index (κ2) is 8.19. The SMILES string of the molecule is CCOc1ccc(-c2nc(CC(=O)NC(C)c3ccc(C)o3)cs2)cc1. The Labute approximate surface area is 157 Å². The molecule has 2 heterocycles. The first kappa shape index (κ1) is 18.2. The number of carbonyl (C=O) groups is 1. The first-order valence-corrected chi connectivity index (χ1v) is 9.46. The third-order valence-corrected chi connectivity index (χ3v) is 4.81. The van der Waals surface area contributed by atoms with E-state index in [0.29, 0.717) is 6.61 Å². The number of thiazole rings is 1. The van der Waals surface area contributed by atoms with Gasteiger partial charge in [0.15, 0.2) is 0 Å². The predicted octanol–water partition coefficient (Wildman–Crippen LogP) is 4.53. The molecule has 0 aliphatic rings. The Morgan fingerprint density at radius 2 is 2.04 bits per heavy atom. The summed E-state index contributed by atoms with van der Waals surface area (Å²) in [5.41, 5.74) is 1.78. The van der Waals surface area contributed by atoms with Crippen LogP contribution in [0.3, 0.4) is 0 Å². The van der Waals surface area contributed by atoms with Crippen LogP contribution in [0.1, 0.15) is 37.1 Å². The average Bonchev–Trinajstić information content (AvgIpc) is 3.25. The van der Waals surface area contributed by atoms with Gasteiger partial charge in [0.25, 0.3) is 0 Å². The van der Waals surface area contributed by atoms with Gasteiger partial charge in [0.05, 0.1) is 24.8 Å². The molecule has 0 spiro atoms. The number of aryl methyl sites for hydroxylation is 1. The highest BCUT2D eigenvalue weighted by Crippen LogP contribution is 2.26. The Morgan fingerprint density at radius 3 is 2.69 bits per heavy atom. The number of hydrogen-bond donors (Lipinski definition) is 1. The Bertz CT molecular complexity index is 867. The molecule has 0 radical (unpaired) electrons. The molecule has 6 heteroatoms. The number of ether oxygens (including phenoxy) is 1. The molecule has 3 aromatic rings. The van der Waals surface area contributed by atoms with Crippen LogP contribution < -0.4 is 10.1 Å². The Balaban J connectivity index is 1.60. The Hall–Kier alpha value is -2.60. The summed E-state index contributed by atoms with van der Waals surface area (Å²) < 4.78 is 11.0. The lowest BCUT2D eigenvalue weighted by atomic mass is 10.2. The second-order valence-corrected chi connectivity index (χ2v) is 6.87. The molecule has 0 fully saturated rings. The maximum absolute atomic E-state index is 12.3. The van der Waals surface area contributed by atoms with Crippen LogP contribution in [0.2, 0.25) is 0 Å². The standard InChI is InChI=1S/C20H22N2O3S/c1-4-24-17-8-6-15(7-9-17)20-22-16(12-26-20)11-19(23)21-14(3)18-10-5-13(2)25-18/h5-10,12,14H,4,11H2,1-3H3,(H,21,23). The molecule has 0 aliphatic carbocycles. The molecule has 5 nitrogen and oxygen atoms in total. The molecule has 1 aromatic carbocycles. The third-order valence-electron chi connectivity index (χ3n) is 3.87. The average molecular weight is 370 g/mol. The molecule has 1 amide bonds. The van der Waals surface area contributed by atoms with Crippen molar-refractivity contribution in [1.82, 2.24) is 10.3 Å². The molecule has 0 saturated heterocycles. The van der Waals surface area contributed by atoms with Gasteiger partial charge in [-0.3, -0.25) is 4.79 Å². The highest BCUT2D eigenvalue weighted by Gasteiger charge is 2.14. The monoisotopic (exact) mass is 370 g/mol. The van der Waals surface area contributed by atoms with Crippen molar-refractivity contribution in [1.29, 1.82) is 0 Å². The smallest absolute Gasteiger partial charge is 0.226 e. The highest BCUT2D eigenvalue weighted by atomic mass is 32.1. The Kier molecular flexibility index (Phi) is 5.73. The molecule has 136 valence electrons. The quantitative estimate of drug-likeness (QED) is 0.664. The number of nitrogens with zero attached hydrogens (tertiary/aromatic N) is 1. The van der Waals surface area contributed by atoms with Crippen molar-refractivity contribution in [3.8, 4) is 16.3 Å². The first-order chi connectivity index (χ1) is 12.5. The molecule has 1 N–H and O–H groups in total. The summed E-state index contributed by atoms with van der Waals surface area (Å²) in [6.45, 7) is 6.39. The van der Waals surface area contributed by atoms with Crippen LogP contribution in [0.4, 0.5) is 0 Å². The minimum absolute atomic E-state index is 0.0740. The maximum Gasteiger partial charge on any atom is 0.226 e. The number of aromatic nitrogens is 1. The summed E-state index contributed by atoms with van der Waals surface area (Å²) in [6, 6.07) is 11.4. The predicted molar refractivity (Wildman–Crippen MR) is 102 cm³/mol. The fourth-order valence-corrected chi connectivity index (χ4v) is 3.42. The zero-order valence-electron chi connectivity index (χ0n) is 15.1. The zero-order chi connectivity index (χ0) is 18.5. The molecule has 0 bridgehead atoms. The lowest BCUT2D eigenvalue weighted by molar-refractivity contribution is -0.121. The largest absolute Gasteiger partial charge is 0.494 e. The Morgan fingerprint density at radius 1 is 1.27 bits per heavy atom. The van der Waals surface area contributed by atoms with Crippen molar-refractivity contribution < 1.29 is 13.9 Å². The summed E-state index contributed by atoms with van der Waals surface area (Å²) >= 11 is 1.53. The van der Waals surface area contributed by atoms with E-state index in [0.717, 1.165) is 33.5 Å². The van der Waals surface area contributed by atoms with E-state index in [1.807, 2.05) is 62.5 Å². The lowest BCUT2D eigenvalue weighted by Gasteiger charge is -2.10. The van der Waals surface area contributed by atoms with E-state index < -0.39 is 0 Å². The minimum atomic E-state index is -0.166. The van der Waals surface area contributed by atoms with Crippen LogP contribution in [-0.2, 0) is 11.2 Å². The molecule has 0 saturated carbocycles. The molecule has 0 aliphatic heterocycles. The zero-order valence-corrected chi connectivity index (χ0v) is 15.9. The normalized spacial score (nSPS) is 12.0. The number of carbonyl (C=O) groups excluding carboxylic acids is 1. The van der Waals surface area contributed by atoms with Gasteiger partial charge >= 0.3 is 0 Å². The van der Waals surface area contributed by atoms with Crippen LogP contribution >= 0.6 is 11.3 Å². The summed E-state index contributed by atoms with van der Waals surface area (Å²) in [6.07, 6.45) is 0.248. The van der Waals surface area contributed by atoms with Gasteiger partial charge in [0, 0.05) is 10.9 Å². The second-order valence-electron chi connectivity index (χ2n) is 6.02. The van der Waals surface area contributed by atoms with Crippen molar-refractivity contribution in [2.45, 2.75) is 33.2 Å². The maximum atomic E-state index is 12.3. The summed E-state index contributed by atoms with van der Waals surface area (Å²) in [5, 5.41) is 5.76. The van der Waals surface area contributed by atoms with E-state index in [2.05, 4.69) is 10.3 Å². The highest BCUT2D eigenvalue weighted by molar-refractivity contribution is 7.13. The molecule has 1 atom stereocenters. The van der Waals surface area contributed by atoms with E-state index in [1.165, 1.54) is 11.3 Å². The van der Waals surface area contributed by atoms with Crippen LogP contribution in [0.5, 0.6) is 5.75 Å². The summed E-state index contributed by atoms with van der Waals surface area (Å²) in [7, 11) is 0. The van der Waals surface area contributed by atoms with E-state index in [-0.39, 0.29) is 18.4 Å². The van der Waals surface area contributed by atoms with Crippen molar-refractivity contribution in [2.75, 3.05) is 6.61 Å². The van der Waals surface area contributed by atoms with Crippen molar-refractivity contribution >= 4 is 17.2 Å². The molecule has 3 rings (SSSR count).